The molecule has 2 aromatic carbocycles. The van der Waals surface area contributed by atoms with E-state index in [1.165, 1.54) is 7.11 Å². The number of methoxy groups -OCH3 is 2. The first-order chi connectivity index (χ1) is 23.2. The van der Waals surface area contributed by atoms with Gasteiger partial charge in [-0.05, 0) is 11.1 Å². The summed E-state index contributed by atoms with van der Waals surface area (Å²) in [6, 6.07) is 19.9. The summed E-state index contributed by atoms with van der Waals surface area (Å²) >= 11 is 0. The van der Waals surface area contributed by atoms with Gasteiger partial charge in [0, 0.05) is 64.4 Å². The quantitative estimate of drug-likeness (QED) is 0.207. The Bertz CT molecular complexity index is 1440. The lowest BCUT2D eigenvalue weighted by atomic mass is 9.81. The third-order valence-corrected chi connectivity index (χ3v) is 8.61. The van der Waals surface area contributed by atoms with Gasteiger partial charge in [0.05, 0.1) is 25.7 Å². The Kier molecular flexibility index (Phi) is 15.8. The highest BCUT2D eigenvalue weighted by atomic mass is 35.5. The molecule has 3 heterocycles. The Morgan fingerprint density at radius 3 is 2.10 bits per heavy atom. The molecule has 0 saturated carbocycles. The maximum atomic E-state index is 13.3. The molecule has 16 heteroatoms. The van der Waals surface area contributed by atoms with E-state index in [-0.39, 0.29) is 91.6 Å². The minimum Gasteiger partial charge on any atom is -0.481 e. The number of halogens is 6. The number of fused-ring (bicyclic) bond motifs is 1. The number of carbonyl (C=O) groups is 1. The second-order valence-corrected chi connectivity index (χ2v) is 11.8. The highest BCUT2D eigenvalue weighted by Gasteiger charge is 2.43. The van der Waals surface area contributed by atoms with Crippen LogP contribution in [0.3, 0.4) is 0 Å². The molecule has 0 spiro atoms. The van der Waals surface area contributed by atoms with E-state index in [0.29, 0.717) is 39.3 Å². The first kappa shape index (κ1) is 41.0. The molecule has 1 amide bonds. The summed E-state index contributed by atoms with van der Waals surface area (Å²) in [5.41, 5.74) is 2.45. The molecule has 0 N–H and O–H groups in total. The van der Waals surface area contributed by atoms with Crippen molar-refractivity contribution in [2.75, 3.05) is 73.4 Å². The van der Waals surface area contributed by atoms with Crippen LogP contribution in [0.2, 0.25) is 0 Å². The highest BCUT2D eigenvalue weighted by molar-refractivity contribution is 5.85. The Labute approximate surface area is 301 Å². The van der Waals surface area contributed by atoms with Crippen molar-refractivity contribution in [1.29, 1.82) is 0 Å². The van der Waals surface area contributed by atoms with E-state index in [4.69, 9.17) is 18.9 Å². The van der Waals surface area contributed by atoms with Crippen molar-refractivity contribution < 1.29 is 41.3 Å². The molecule has 5 rings (SSSR count). The minimum absolute atomic E-state index is 0. The molecule has 2 unspecified atom stereocenters. The zero-order chi connectivity index (χ0) is 34.1. The standard InChI is InChI=1S/C34H41F4N5O5.2ClH/c1-45-17-13-29(44)42-15-16-43-26(20-42)19-41(22-28(43)30(24-9-5-3-6-10-24)25-11-7-4-8-12-25)21-27-31(46-2)39-33(47-18-14-35)40-32(27)48-23-34(36,37)38;;/h3-12,26,28,30H,13-23H2,1-2H3;2*1H. The molecule has 50 heavy (non-hydrogen) atoms. The lowest BCUT2D eigenvalue weighted by Gasteiger charge is -2.53. The van der Waals surface area contributed by atoms with Crippen molar-refractivity contribution >= 4 is 30.7 Å². The zero-order valence-corrected chi connectivity index (χ0v) is 29.5. The molecule has 2 fully saturated rings. The fraction of sp³-hybridized carbons (Fsp3) is 0.500. The van der Waals surface area contributed by atoms with Crippen molar-refractivity contribution in [3.63, 3.8) is 0 Å². The van der Waals surface area contributed by atoms with Crippen LogP contribution in [0, 0.1) is 0 Å². The van der Waals surface area contributed by atoms with Crippen molar-refractivity contribution in [3.8, 4) is 17.8 Å². The number of piperazine rings is 2. The minimum atomic E-state index is -4.63. The molecule has 2 saturated heterocycles. The molecule has 2 atom stereocenters. The van der Waals surface area contributed by atoms with E-state index in [2.05, 4.69) is 44.0 Å². The number of benzene rings is 2. The van der Waals surface area contributed by atoms with Gasteiger partial charge in [-0.15, -0.1) is 24.8 Å². The molecule has 0 aliphatic carbocycles. The number of hydrogen-bond acceptors (Lipinski definition) is 9. The predicted molar refractivity (Wildman–Crippen MR) is 183 cm³/mol. The monoisotopic (exact) mass is 747 g/mol. The van der Waals surface area contributed by atoms with Crippen LogP contribution >= 0.6 is 24.8 Å². The second kappa shape index (κ2) is 19.3. The van der Waals surface area contributed by atoms with E-state index in [9.17, 15) is 22.4 Å². The average molecular weight is 749 g/mol. The molecule has 3 aromatic rings. The van der Waals surface area contributed by atoms with Crippen molar-refractivity contribution in [2.24, 2.45) is 0 Å². The van der Waals surface area contributed by atoms with Gasteiger partial charge in [0.2, 0.25) is 17.7 Å². The normalized spacial score (nSPS) is 18.1. The summed E-state index contributed by atoms with van der Waals surface area (Å²) in [4.78, 5) is 27.8. The Morgan fingerprint density at radius 1 is 0.880 bits per heavy atom. The van der Waals surface area contributed by atoms with Crippen LogP contribution in [0.25, 0.3) is 0 Å². The molecule has 10 nitrogen and oxygen atoms in total. The smallest absolute Gasteiger partial charge is 0.422 e. The van der Waals surface area contributed by atoms with Crippen molar-refractivity contribution in [3.05, 3.63) is 77.4 Å². The average Bonchev–Trinajstić information content (AvgIpc) is 3.09. The fourth-order valence-corrected chi connectivity index (χ4v) is 6.58. The predicted octanol–water partition coefficient (Wildman–Crippen LogP) is 5.18. The van der Waals surface area contributed by atoms with Gasteiger partial charge in [0.15, 0.2) is 6.61 Å². The van der Waals surface area contributed by atoms with Crippen LogP contribution in [0.1, 0.15) is 29.0 Å². The molecule has 1 aromatic heterocycles. The van der Waals surface area contributed by atoms with E-state index in [0.717, 1.165) is 11.1 Å². The molecule has 2 aliphatic rings. The lowest BCUT2D eigenvalue weighted by Crippen LogP contribution is -2.67. The lowest BCUT2D eigenvalue weighted by molar-refractivity contribution is -0.154. The van der Waals surface area contributed by atoms with E-state index >= 15 is 0 Å². The number of hydrogen-bond donors (Lipinski definition) is 0. The van der Waals surface area contributed by atoms with Crippen molar-refractivity contribution in [1.82, 2.24) is 24.7 Å². The number of nitrogens with zero attached hydrogens (tertiary/aromatic N) is 5. The number of alkyl halides is 4. The summed E-state index contributed by atoms with van der Waals surface area (Å²) in [6.07, 6.45) is -4.36. The molecular formula is C34H43Cl2F4N5O5. The van der Waals surface area contributed by atoms with Crippen molar-refractivity contribution in [2.45, 2.75) is 37.1 Å². The molecule has 0 radical (unpaired) electrons. The van der Waals surface area contributed by atoms with Gasteiger partial charge in [-0.3, -0.25) is 14.6 Å². The van der Waals surface area contributed by atoms with Crippen LogP contribution in [-0.4, -0.2) is 122 Å². The summed E-state index contributed by atoms with van der Waals surface area (Å²) < 4.78 is 73.8. The third-order valence-electron chi connectivity index (χ3n) is 8.61. The maximum Gasteiger partial charge on any atom is 0.422 e. The van der Waals surface area contributed by atoms with Crippen LogP contribution in [0.5, 0.6) is 17.8 Å². The number of ether oxygens (including phenoxy) is 4. The molecule has 2 aliphatic heterocycles. The number of aromatic nitrogens is 2. The SMILES string of the molecule is COCCC(=O)N1CCN2C(CN(Cc3c(OC)nc(OCCF)nc3OCC(F)(F)F)CC2C(c2ccccc2)c2ccccc2)C1.Cl.Cl. The summed E-state index contributed by atoms with van der Waals surface area (Å²) in [7, 11) is 2.90. The maximum absolute atomic E-state index is 13.3. The Balaban J connectivity index is 0.00000338. The van der Waals surface area contributed by atoms with Crippen LogP contribution in [0.4, 0.5) is 17.6 Å². The summed E-state index contributed by atoms with van der Waals surface area (Å²) in [6.45, 7) is 0.350. The van der Waals surface area contributed by atoms with Gasteiger partial charge in [-0.25, -0.2) is 4.39 Å². The van der Waals surface area contributed by atoms with E-state index in [1.54, 1.807) is 7.11 Å². The van der Waals surface area contributed by atoms with Gasteiger partial charge in [0.1, 0.15) is 13.3 Å². The molecule has 276 valence electrons. The van der Waals surface area contributed by atoms with Gasteiger partial charge in [-0.2, -0.15) is 23.1 Å². The summed E-state index contributed by atoms with van der Waals surface area (Å²) in [5.74, 6) is -0.425. The van der Waals surface area contributed by atoms with Crippen LogP contribution < -0.4 is 14.2 Å². The van der Waals surface area contributed by atoms with Crippen LogP contribution in [-0.2, 0) is 16.1 Å². The topological polar surface area (TPSA) is 89.5 Å². The van der Waals surface area contributed by atoms with Gasteiger partial charge in [-0.1, -0.05) is 60.7 Å². The molecular weight excluding hydrogens is 705 g/mol. The number of amides is 1. The fourth-order valence-electron chi connectivity index (χ4n) is 6.58. The van der Waals surface area contributed by atoms with Gasteiger partial charge < -0.3 is 23.8 Å². The van der Waals surface area contributed by atoms with Crippen LogP contribution in [0.15, 0.2) is 60.7 Å². The number of rotatable bonds is 14. The zero-order valence-electron chi connectivity index (χ0n) is 27.9. The van der Waals surface area contributed by atoms with Gasteiger partial charge in [0.25, 0.3) is 0 Å². The van der Waals surface area contributed by atoms with E-state index < -0.39 is 19.5 Å². The van der Waals surface area contributed by atoms with Gasteiger partial charge >= 0.3 is 12.2 Å². The molecule has 0 bridgehead atoms. The number of carbonyl (C=O) groups excluding carboxylic acids is 1. The first-order valence-corrected chi connectivity index (χ1v) is 15.9. The third kappa shape index (κ3) is 10.5. The van der Waals surface area contributed by atoms with E-state index in [1.807, 2.05) is 41.3 Å². The first-order valence-electron chi connectivity index (χ1n) is 15.9. The largest absolute Gasteiger partial charge is 0.481 e. The Morgan fingerprint density at radius 2 is 1.52 bits per heavy atom. The second-order valence-electron chi connectivity index (χ2n) is 11.8. The summed E-state index contributed by atoms with van der Waals surface area (Å²) in [5, 5.41) is 0. The highest BCUT2D eigenvalue weighted by Crippen LogP contribution is 2.38. The Hall–Kier alpha value is -3.43.